The standard InChI is InChI=1S/C16H26N4O2/c21-15-5-4-14(10-15)18-16(22)13-11-17-20(12-13)9-8-19-6-2-1-3-7-19/h11-12,14-15,21H,1-10H2,(H,18,22)/t14-,15+/m0/s1. The van der Waals surface area contributed by atoms with E-state index in [0.29, 0.717) is 12.0 Å². The van der Waals surface area contributed by atoms with Gasteiger partial charge in [0.15, 0.2) is 0 Å². The highest BCUT2D eigenvalue weighted by Crippen LogP contribution is 2.19. The lowest BCUT2D eigenvalue weighted by Crippen LogP contribution is -2.33. The number of nitrogens with one attached hydrogen (secondary N) is 1. The Morgan fingerprint density at radius 1 is 1.27 bits per heavy atom. The van der Waals surface area contributed by atoms with Crippen LogP contribution in [0.3, 0.4) is 0 Å². The molecule has 1 aliphatic carbocycles. The van der Waals surface area contributed by atoms with E-state index in [1.54, 1.807) is 6.20 Å². The number of hydrogen-bond acceptors (Lipinski definition) is 4. The van der Waals surface area contributed by atoms with E-state index >= 15 is 0 Å². The van der Waals surface area contributed by atoms with Crippen LogP contribution in [0, 0.1) is 0 Å². The summed E-state index contributed by atoms with van der Waals surface area (Å²) in [5, 5.41) is 16.8. The fourth-order valence-electron chi connectivity index (χ4n) is 3.39. The number of amides is 1. The second-order valence-corrected chi connectivity index (χ2v) is 6.53. The maximum Gasteiger partial charge on any atom is 0.254 e. The van der Waals surface area contributed by atoms with Gasteiger partial charge in [0.2, 0.25) is 0 Å². The van der Waals surface area contributed by atoms with Gasteiger partial charge in [-0.2, -0.15) is 5.10 Å². The number of carbonyl (C=O) groups excluding carboxylic acids is 1. The van der Waals surface area contributed by atoms with E-state index in [1.165, 1.54) is 32.4 Å². The highest BCUT2D eigenvalue weighted by molar-refractivity contribution is 5.93. The summed E-state index contributed by atoms with van der Waals surface area (Å²) in [7, 11) is 0. The molecular formula is C16H26N4O2. The lowest BCUT2D eigenvalue weighted by Gasteiger charge is -2.26. The minimum Gasteiger partial charge on any atom is -0.393 e. The Balaban J connectivity index is 1.46. The van der Waals surface area contributed by atoms with Gasteiger partial charge in [0.05, 0.1) is 24.4 Å². The maximum atomic E-state index is 12.2. The molecule has 0 bridgehead atoms. The minimum absolute atomic E-state index is 0.0803. The summed E-state index contributed by atoms with van der Waals surface area (Å²) in [5.41, 5.74) is 0.611. The largest absolute Gasteiger partial charge is 0.393 e. The Morgan fingerprint density at radius 3 is 2.82 bits per heavy atom. The van der Waals surface area contributed by atoms with Crippen molar-refractivity contribution in [3.8, 4) is 0 Å². The molecule has 1 saturated carbocycles. The number of likely N-dealkylation sites (tertiary alicyclic amines) is 1. The van der Waals surface area contributed by atoms with Crippen LogP contribution in [0.25, 0.3) is 0 Å². The summed E-state index contributed by atoms with van der Waals surface area (Å²) in [6.45, 7) is 4.18. The van der Waals surface area contributed by atoms with E-state index in [0.717, 1.165) is 25.9 Å². The van der Waals surface area contributed by atoms with E-state index in [4.69, 9.17) is 0 Å². The first kappa shape index (κ1) is 15.5. The van der Waals surface area contributed by atoms with Crippen molar-refractivity contribution in [2.24, 2.45) is 0 Å². The first-order valence-electron chi connectivity index (χ1n) is 8.44. The molecule has 22 heavy (non-hydrogen) atoms. The van der Waals surface area contributed by atoms with Crippen LogP contribution in [0.15, 0.2) is 12.4 Å². The first-order chi connectivity index (χ1) is 10.7. The zero-order valence-corrected chi connectivity index (χ0v) is 13.1. The van der Waals surface area contributed by atoms with Crippen LogP contribution in [0.4, 0.5) is 0 Å². The van der Waals surface area contributed by atoms with Gasteiger partial charge in [-0.1, -0.05) is 6.42 Å². The lowest BCUT2D eigenvalue weighted by atomic mass is 10.1. The van der Waals surface area contributed by atoms with Gasteiger partial charge in [-0.15, -0.1) is 0 Å². The smallest absolute Gasteiger partial charge is 0.254 e. The van der Waals surface area contributed by atoms with Crippen LogP contribution in [-0.2, 0) is 6.54 Å². The normalized spacial score (nSPS) is 26.2. The third-order valence-electron chi connectivity index (χ3n) is 4.73. The van der Waals surface area contributed by atoms with E-state index in [9.17, 15) is 9.90 Å². The van der Waals surface area contributed by atoms with Crippen LogP contribution in [-0.4, -0.2) is 57.5 Å². The predicted molar refractivity (Wildman–Crippen MR) is 83.6 cm³/mol. The summed E-state index contributed by atoms with van der Waals surface area (Å²) in [6, 6.07) is 0.0965. The van der Waals surface area contributed by atoms with Crippen LogP contribution in [0.5, 0.6) is 0 Å². The van der Waals surface area contributed by atoms with Gasteiger partial charge in [0.25, 0.3) is 5.91 Å². The molecule has 1 aromatic rings. The monoisotopic (exact) mass is 306 g/mol. The maximum absolute atomic E-state index is 12.2. The van der Waals surface area contributed by atoms with Crippen molar-refractivity contribution in [3.63, 3.8) is 0 Å². The number of rotatable bonds is 5. The molecule has 3 rings (SSSR count). The van der Waals surface area contributed by atoms with Crippen molar-refractivity contribution in [2.45, 2.75) is 57.2 Å². The minimum atomic E-state index is -0.266. The topological polar surface area (TPSA) is 70.4 Å². The molecule has 0 aromatic carbocycles. The zero-order chi connectivity index (χ0) is 15.4. The van der Waals surface area contributed by atoms with Crippen molar-refractivity contribution in [2.75, 3.05) is 19.6 Å². The Kier molecular flexibility index (Phi) is 5.10. The average Bonchev–Trinajstić information content (AvgIpc) is 3.15. The third-order valence-corrected chi connectivity index (χ3v) is 4.73. The summed E-state index contributed by atoms with van der Waals surface area (Å²) in [6.07, 6.45) is 9.42. The van der Waals surface area contributed by atoms with E-state index in [1.807, 2.05) is 10.9 Å². The highest BCUT2D eigenvalue weighted by atomic mass is 16.3. The second-order valence-electron chi connectivity index (χ2n) is 6.53. The fraction of sp³-hybridized carbons (Fsp3) is 0.750. The molecule has 0 spiro atoms. The molecule has 6 heteroatoms. The number of aliphatic hydroxyl groups is 1. The number of piperidine rings is 1. The van der Waals surface area contributed by atoms with Crippen molar-refractivity contribution in [3.05, 3.63) is 18.0 Å². The van der Waals surface area contributed by atoms with Gasteiger partial charge in [-0.05, 0) is 45.2 Å². The SMILES string of the molecule is O=C(N[C@H]1CC[C@@H](O)C1)c1cnn(CCN2CCCCC2)c1. The number of carbonyl (C=O) groups is 1. The lowest BCUT2D eigenvalue weighted by molar-refractivity contribution is 0.0934. The molecule has 1 amide bonds. The molecule has 2 atom stereocenters. The van der Waals surface area contributed by atoms with Gasteiger partial charge in [0.1, 0.15) is 0 Å². The van der Waals surface area contributed by atoms with Gasteiger partial charge in [-0.25, -0.2) is 0 Å². The summed E-state index contributed by atoms with van der Waals surface area (Å²) in [5.74, 6) is -0.0803. The first-order valence-corrected chi connectivity index (χ1v) is 8.44. The van der Waals surface area contributed by atoms with Crippen molar-refractivity contribution >= 4 is 5.91 Å². The predicted octanol–water partition coefficient (Wildman–Crippen LogP) is 1.01. The summed E-state index contributed by atoms with van der Waals surface area (Å²) in [4.78, 5) is 14.6. The molecule has 122 valence electrons. The van der Waals surface area contributed by atoms with Gasteiger partial charge in [-0.3, -0.25) is 9.48 Å². The second kappa shape index (κ2) is 7.24. The van der Waals surface area contributed by atoms with E-state index in [2.05, 4.69) is 15.3 Å². The van der Waals surface area contributed by atoms with Gasteiger partial charge in [0, 0.05) is 18.8 Å². The molecular weight excluding hydrogens is 280 g/mol. The van der Waals surface area contributed by atoms with Crippen molar-refractivity contribution in [1.82, 2.24) is 20.0 Å². The molecule has 0 radical (unpaired) electrons. The van der Waals surface area contributed by atoms with Crippen LogP contribution in [0.1, 0.15) is 48.9 Å². The van der Waals surface area contributed by atoms with Gasteiger partial charge < -0.3 is 15.3 Å². The fourth-order valence-corrected chi connectivity index (χ4v) is 3.39. The summed E-state index contributed by atoms with van der Waals surface area (Å²) >= 11 is 0. The molecule has 0 unspecified atom stereocenters. The number of aliphatic hydroxyl groups excluding tert-OH is 1. The molecule has 2 fully saturated rings. The van der Waals surface area contributed by atoms with E-state index < -0.39 is 0 Å². The van der Waals surface area contributed by atoms with Gasteiger partial charge >= 0.3 is 0 Å². The van der Waals surface area contributed by atoms with Crippen LogP contribution in [0.2, 0.25) is 0 Å². The molecule has 2 N–H and O–H groups in total. The van der Waals surface area contributed by atoms with Crippen LogP contribution < -0.4 is 5.32 Å². The average molecular weight is 306 g/mol. The molecule has 1 aliphatic heterocycles. The Morgan fingerprint density at radius 2 is 2.09 bits per heavy atom. The summed E-state index contributed by atoms with van der Waals surface area (Å²) < 4.78 is 1.85. The third kappa shape index (κ3) is 4.08. The Labute approximate surface area is 131 Å². The van der Waals surface area contributed by atoms with Crippen molar-refractivity contribution < 1.29 is 9.90 Å². The number of nitrogens with zero attached hydrogens (tertiary/aromatic N) is 3. The molecule has 2 aliphatic rings. The number of aromatic nitrogens is 2. The Hall–Kier alpha value is -1.40. The van der Waals surface area contributed by atoms with E-state index in [-0.39, 0.29) is 18.1 Å². The molecule has 6 nitrogen and oxygen atoms in total. The molecule has 1 saturated heterocycles. The highest BCUT2D eigenvalue weighted by Gasteiger charge is 2.24. The Bertz CT molecular complexity index is 496. The molecule has 1 aromatic heterocycles. The molecule has 2 heterocycles. The van der Waals surface area contributed by atoms with Crippen LogP contribution >= 0.6 is 0 Å². The quantitative estimate of drug-likeness (QED) is 0.852. The number of hydrogen-bond donors (Lipinski definition) is 2. The zero-order valence-electron chi connectivity index (χ0n) is 13.1. The van der Waals surface area contributed by atoms with Crippen molar-refractivity contribution in [1.29, 1.82) is 0 Å².